The van der Waals surface area contributed by atoms with Crippen molar-refractivity contribution in [2.75, 3.05) is 6.61 Å². The highest BCUT2D eigenvalue weighted by molar-refractivity contribution is 5.90. The standard InChI is InChI=1S/C9H15NO/c1-2-11-9(10)8-6-4-3-5-7-8/h6,10H,2-5,7H2,1H3. The van der Waals surface area contributed by atoms with E-state index in [-0.39, 0.29) is 0 Å². The number of hydrogen-bond acceptors (Lipinski definition) is 2. The van der Waals surface area contributed by atoms with Gasteiger partial charge in [0.2, 0.25) is 5.90 Å². The highest BCUT2D eigenvalue weighted by Crippen LogP contribution is 2.18. The molecule has 2 nitrogen and oxygen atoms in total. The van der Waals surface area contributed by atoms with Crippen LogP contribution in [0.4, 0.5) is 0 Å². The molecule has 0 aliphatic heterocycles. The van der Waals surface area contributed by atoms with E-state index in [0.29, 0.717) is 12.5 Å². The number of allylic oxidation sites excluding steroid dienone is 1. The molecular formula is C9H15NO. The van der Waals surface area contributed by atoms with E-state index >= 15 is 0 Å². The Labute approximate surface area is 67.8 Å². The second kappa shape index (κ2) is 4.16. The molecule has 11 heavy (non-hydrogen) atoms. The lowest BCUT2D eigenvalue weighted by Gasteiger charge is -2.12. The minimum absolute atomic E-state index is 0.382. The number of hydrogen-bond donors (Lipinski definition) is 1. The van der Waals surface area contributed by atoms with Crippen LogP contribution in [0.25, 0.3) is 0 Å². The molecule has 0 unspecified atom stereocenters. The highest BCUT2D eigenvalue weighted by Gasteiger charge is 2.08. The van der Waals surface area contributed by atoms with Crippen LogP contribution in [-0.2, 0) is 4.74 Å². The minimum atomic E-state index is 0.382. The monoisotopic (exact) mass is 153 g/mol. The zero-order chi connectivity index (χ0) is 8.10. The summed E-state index contributed by atoms with van der Waals surface area (Å²) in [5, 5.41) is 7.49. The van der Waals surface area contributed by atoms with Crippen molar-refractivity contribution >= 4 is 5.90 Å². The number of rotatable bonds is 2. The third kappa shape index (κ3) is 2.37. The van der Waals surface area contributed by atoms with E-state index in [9.17, 15) is 0 Å². The van der Waals surface area contributed by atoms with Crippen molar-refractivity contribution < 1.29 is 4.74 Å². The van der Waals surface area contributed by atoms with Crippen LogP contribution in [0.2, 0.25) is 0 Å². The summed E-state index contributed by atoms with van der Waals surface area (Å²) < 4.78 is 5.10. The van der Waals surface area contributed by atoms with Crippen molar-refractivity contribution in [3.05, 3.63) is 11.6 Å². The summed E-state index contributed by atoms with van der Waals surface area (Å²) in [6, 6.07) is 0. The van der Waals surface area contributed by atoms with Gasteiger partial charge in [0, 0.05) is 5.57 Å². The van der Waals surface area contributed by atoms with Gasteiger partial charge in [0.1, 0.15) is 0 Å². The Kier molecular flexibility index (Phi) is 3.14. The molecular weight excluding hydrogens is 138 g/mol. The van der Waals surface area contributed by atoms with E-state index in [1.807, 2.05) is 6.92 Å². The minimum Gasteiger partial charge on any atom is -0.478 e. The zero-order valence-electron chi connectivity index (χ0n) is 7.02. The van der Waals surface area contributed by atoms with Crippen LogP contribution in [0.15, 0.2) is 11.6 Å². The average molecular weight is 153 g/mol. The first-order chi connectivity index (χ1) is 5.34. The van der Waals surface area contributed by atoms with Gasteiger partial charge in [-0.3, -0.25) is 5.41 Å². The van der Waals surface area contributed by atoms with Crippen LogP contribution in [0.1, 0.15) is 32.6 Å². The quantitative estimate of drug-likeness (QED) is 0.480. The molecule has 0 saturated heterocycles. The maximum atomic E-state index is 7.49. The lowest BCUT2D eigenvalue weighted by atomic mass is 10.00. The molecule has 1 rings (SSSR count). The van der Waals surface area contributed by atoms with Crippen LogP contribution in [0.3, 0.4) is 0 Å². The molecule has 0 fully saturated rings. The molecule has 0 aromatic rings. The van der Waals surface area contributed by atoms with E-state index in [4.69, 9.17) is 10.1 Å². The van der Waals surface area contributed by atoms with Crippen molar-refractivity contribution in [1.29, 1.82) is 5.41 Å². The Balaban J connectivity index is 2.44. The van der Waals surface area contributed by atoms with Crippen LogP contribution in [-0.4, -0.2) is 12.5 Å². The van der Waals surface area contributed by atoms with Crippen LogP contribution in [0.5, 0.6) is 0 Å². The lowest BCUT2D eigenvalue weighted by molar-refractivity contribution is 0.322. The van der Waals surface area contributed by atoms with Gasteiger partial charge in [-0.05, 0) is 32.6 Å². The summed E-state index contributed by atoms with van der Waals surface area (Å²) in [6.07, 6.45) is 6.75. The number of nitrogens with one attached hydrogen (secondary N) is 1. The van der Waals surface area contributed by atoms with Crippen molar-refractivity contribution in [1.82, 2.24) is 0 Å². The van der Waals surface area contributed by atoms with E-state index in [0.717, 1.165) is 18.4 Å². The van der Waals surface area contributed by atoms with Gasteiger partial charge in [-0.15, -0.1) is 0 Å². The third-order valence-electron chi connectivity index (χ3n) is 1.87. The normalized spacial score (nSPS) is 17.4. The van der Waals surface area contributed by atoms with Crippen molar-refractivity contribution in [2.45, 2.75) is 32.6 Å². The zero-order valence-corrected chi connectivity index (χ0v) is 7.02. The summed E-state index contributed by atoms with van der Waals surface area (Å²) in [5.41, 5.74) is 1.10. The Morgan fingerprint density at radius 1 is 1.64 bits per heavy atom. The smallest absolute Gasteiger partial charge is 0.208 e. The molecule has 1 aliphatic carbocycles. The molecule has 0 saturated carbocycles. The predicted octanol–water partition coefficient (Wildman–Crippen LogP) is 2.50. The highest BCUT2D eigenvalue weighted by atomic mass is 16.5. The molecule has 2 heteroatoms. The maximum Gasteiger partial charge on any atom is 0.208 e. The Morgan fingerprint density at radius 2 is 2.45 bits per heavy atom. The summed E-state index contributed by atoms with van der Waals surface area (Å²) in [5.74, 6) is 0.382. The van der Waals surface area contributed by atoms with Crippen LogP contribution >= 0.6 is 0 Å². The van der Waals surface area contributed by atoms with Gasteiger partial charge in [-0.1, -0.05) is 6.08 Å². The van der Waals surface area contributed by atoms with Gasteiger partial charge in [-0.25, -0.2) is 0 Å². The van der Waals surface area contributed by atoms with Gasteiger partial charge in [0.25, 0.3) is 0 Å². The Morgan fingerprint density at radius 3 is 3.00 bits per heavy atom. The molecule has 0 spiro atoms. The molecule has 0 aromatic heterocycles. The van der Waals surface area contributed by atoms with Crippen molar-refractivity contribution in [2.24, 2.45) is 0 Å². The molecule has 0 bridgehead atoms. The van der Waals surface area contributed by atoms with Crippen molar-refractivity contribution in [3.8, 4) is 0 Å². The molecule has 1 aliphatic rings. The molecule has 0 heterocycles. The second-order valence-electron chi connectivity index (χ2n) is 2.74. The van der Waals surface area contributed by atoms with Gasteiger partial charge in [0.15, 0.2) is 0 Å². The molecule has 62 valence electrons. The van der Waals surface area contributed by atoms with Gasteiger partial charge >= 0.3 is 0 Å². The predicted molar refractivity (Wildman–Crippen MR) is 45.9 cm³/mol. The second-order valence-corrected chi connectivity index (χ2v) is 2.74. The van der Waals surface area contributed by atoms with Crippen LogP contribution in [0, 0.1) is 5.41 Å². The summed E-state index contributed by atoms with van der Waals surface area (Å²) in [7, 11) is 0. The largest absolute Gasteiger partial charge is 0.478 e. The van der Waals surface area contributed by atoms with E-state index in [1.165, 1.54) is 12.8 Å². The molecule has 0 radical (unpaired) electrons. The SMILES string of the molecule is CCOC(=N)C1=CCCCC1. The first kappa shape index (κ1) is 8.31. The van der Waals surface area contributed by atoms with E-state index in [2.05, 4.69) is 6.08 Å². The summed E-state index contributed by atoms with van der Waals surface area (Å²) in [4.78, 5) is 0. The Bertz CT molecular complexity index is 172. The Hall–Kier alpha value is -0.790. The first-order valence-corrected chi connectivity index (χ1v) is 4.25. The summed E-state index contributed by atoms with van der Waals surface area (Å²) in [6.45, 7) is 2.52. The van der Waals surface area contributed by atoms with E-state index < -0.39 is 0 Å². The first-order valence-electron chi connectivity index (χ1n) is 4.25. The maximum absolute atomic E-state index is 7.49. The van der Waals surface area contributed by atoms with E-state index in [1.54, 1.807) is 0 Å². The lowest BCUT2D eigenvalue weighted by Crippen LogP contribution is -2.08. The molecule has 0 atom stereocenters. The fourth-order valence-corrected chi connectivity index (χ4v) is 1.28. The molecule has 1 N–H and O–H groups in total. The van der Waals surface area contributed by atoms with Gasteiger partial charge < -0.3 is 4.74 Å². The average Bonchev–Trinajstić information content (AvgIpc) is 2.07. The summed E-state index contributed by atoms with van der Waals surface area (Å²) >= 11 is 0. The molecule has 0 amide bonds. The topological polar surface area (TPSA) is 33.1 Å². The number of ether oxygens (including phenoxy) is 1. The fraction of sp³-hybridized carbons (Fsp3) is 0.667. The fourth-order valence-electron chi connectivity index (χ4n) is 1.28. The van der Waals surface area contributed by atoms with Crippen molar-refractivity contribution in [3.63, 3.8) is 0 Å². The van der Waals surface area contributed by atoms with Gasteiger partial charge in [-0.2, -0.15) is 0 Å². The molecule has 0 aromatic carbocycles. The van der Waals surface area contributed by atoms with Crippen LogP contribution < -0.4 is 0 Å². The third-order valence-corrected chi connectivity index (χ3v) is 1.87. The van der Waals surface area contributed by atoms with Gasteiger partial charge in [0.05, 0.1) is 6.61 Å².